The van der Waals surface area contributed by atoms with Crippen LogP contribution in [0.25, 0.3) is 0 Å². The summed E-state index contributed by atoms with van der Waals surface area (Å²) in [5.74, 6) is 0.246. The molecular weight excluding hydrogens is 202 g/mol. The van der Waals surface area contributed by atoms with E-state index in [0.717, 1.165) is 11.8 Å². The third kappa shape index (κ3) is 4.45. The van der Waals surface area contributed by atoms with Gasteiger partial charge in [-0.15, -0.1) is 0 Å². The number of rotatable bonds is 4. The molecule has 0 saturated carbocycles. The van der Waals surface area contributed by atoms with Crippen molar-refractivity contribution in [2.75, 3.05) is 0 Å². The van der Waals surface area contributed by atoms with E-state index in [4.69, 9.17) is 5.11 Å². The van der Waals surface area contributed by atoms with Gasteiger partial charge in [0.25, 0.3) is 0 Å². The number of hydrogen-bond acceptors (Lipinski definition) is 3. The van der Waals surface area contributed by atoms with Gasteiger partial charge in [0.1, 0.15) is 12.0 Å². The quantitative estimate of drug-likeness (QED) is 0.763. The molecule has 0 aliphatic heterocycles. The molecule has 0 spiro atoms. The van der Waals surface area contributed by atoms with Crippen molar-refractivity contribution < 1.29 is 9.90 Å². The van der Waals surface area contributed by atoms with E-state index in [0.29, 0.717) is 6.42 Å². The Bertz CT molecular complexity index is 338. The van der Waals surface area contributed by atoms with Gasteiger partial charge >= 0.3 is 0 Å². The van der Waals surface area contributed by atoms with Gasteiger partial charge in [0.15, 0.2) is 0 Å². The molecule has 1 rings (SSSR count). The number of carbonyl (C=O) groups excluding carboxylic acids is 1. The van der Waals surface area contributed by atoms with Crippen LogP contribution in [0.5, 0.6) is 5.75 Å². The van der Waals surface area contributed by atoms with Crippen molar-refractivity contribution in [3.8, 4) is 5.75 Å². The minimum atomic E-state index is -0.190. The highest BCUT2D eigenvalue weighted by Crippen LogP contribution is 2.12. The van der Waals surface area contributed by atoms with E-state index >= 15 is 0 Å². The van der Waals surface area contributed by atoms with Gasteiger partial charge in [-0.05, 0) is 44.9 Å². The zero-order chi connectivity index (χ0) is 12.2. The van der Waals surface area contributed by atoms with E-state index in [-0.39, 0.29) is 17.3 Å². The Kier molecular flexibility index (Phi) is 4.07. The Morgan fingerprint density at radius 2 is 1.88 bits per heavy atom. The highest BCUT2D eigenvalue weighted by Gasteiger charge is 2.16. The summed E-state index contributed by atoms with van der Waals surface area (Å²) in [6, 6.07) is 6.74. The van der Waals surface area contributed by atoms with Crippen LogP contribution < -0.4 is 5.32 Å². The van der Waals surface area contributed by atoms with Crippen molar-refractivity contribution in [3.05, 3.63) is 29.8 Å². The molecule has 0 aliphatic carbocycles. The van der Waals surface area contributed by atoms with Crippen LogP contribution in [0, 0.1) is 0 Å². The lowest BCUT2D eigenvalue weighted by molar-refractivity contribution is -0.110. The molecular formula is C13H19NO2. The summed E-state index contributed by atoms with van der Waals surface area (Å²) in [6.07, 6.45) is 1.57. The number of phenolic OH excluding ortho intramolecular Hbond substituents is 1. The number of aldehydes is 1. The lowest BCUT2D eigenvalue weighted by Crippen LogP contribution is -2.45. The number of phenols is 1. The molecule has 0 bridgehead atoms. The van der Waals surface area contributed by atoms with Crippen molar-refractivity contribution in [1.82, 2.24) is 5.32 Å². The molecule has 1 atom stereocenters. The summed E-state index contributed by atoms with van der Waals surface area (Å²) >= 11 is 0. The molecule has 1 aromatic rings. The molecule has 88 valence electrons. The molecule has 16 heavy (non-hydrogen) atoms. The van der Waals surface area contributed by atoms with Gasteiger partial charge in [-0.3, -0.25) is 0 Å². The first-order chi connectivity index (χ1) is 7.40. The number of nitrogens with one attached hydrogen (secondary N) is 1. The molecule has 0 amide bonds. The van der Waals surface area contributed by atoms with Crippen LogP contribution in [0.15, 0.2) is 24.3 Å². The van der Waals surface area contributed by atoms with Crippen LogP contribution in [0.1, 0.15) is 26.3 Å². The summed E-state index contributed by atoms with van der Waals surface area (Å²) in [5.41, 5.74) is 0.953. The van der Waals surface area contributed by atoms with Crippen molar-refractivity contribution in [1.29, 1.82) is 0 Å². The second-order valence-corrected chi connectivity index (χ2v) is 5.01. The maximum atomic E-state index is 10.9. The third-order valence-corrected chi connectivity index (χ3v) is 2.17. The number of benzene rings is 1. The minimum absolute atomic E-state index is 0.0809. The van der Waals surface area contributed by atoms with Gasteiger partial charge in [-0.25, -0.2) is 0 Å². The molecule has 3 nitrogen and oxygen atoms in total. The Labute approximate surface area is 96.5 Å². The first kappa shape index (κ1) is 12.7. The molecule has 0 unspecified atom stereocenters. The highest BCUT2D eigenvalue weighted by molar-refractivity contribution is 5.58. The van der Waals surface area contributed by atoms with Gasteiger partial charge < -0.3 is 15.2 Å². The molecule has 0 radical (unpaired) electrons. The number of aromatic hydroxyl groups is 1. The summed E-state index contributed by atoms with van der Waals surface area (Å²) in [6.45, 7) is 6.08. The molecule has 0 heterocycles. The van der Waals surface area contributed by atoms with E-state index in [1.807, 2.05) is 32.9 Å². The first-order valence-electron chi connectivity index (χ1n) is 5.41. The fourth-order valence-corrected chi connectivity index (χ4v) is 1.58. The van der Waals surface area contributed by atoms with E-state index in [1.165, 1.54) is 0 Å². The topological polar surface area (TPSA) is 49.3 Å². The van der Waals surface area contributed by atoms with E-state index in [2.05, 4.69) is 5.32 Å². The monoisotopic (exact) mass is 221 g/mol. The first-order valence-corrected chi connectivity index (χ1v) is 5.41. The van der Waals surface area contributed by atoms with E-state index in [1.54, 1.807) is 12.1 Å². The Morgan fingerprint density at radius 1 is 1.31 bits per heavy atom. The predicted molar refractivity (Wildman–Crippen MR) is 64.6 cm³/mol. The van der Waals surface area contributed by atoms with Crippen LogP contribution in [-0.4, -0.2) is 23.0 Å². The fraction of sp³-hybridized carbons (Fsp3) is 0.462. The van der Waals surface area contributed by atoms with Crippen molar-refractivity contribution in [2.45, 2.75) is 38.8 Å². The summed E-state index contributed by atoms with van der Waals surface area (Å²) in [7, 11) is 0. The number of carbonyl (C=O) groups is 1. The van der Waals surface area contributed by atoms with Gasteiger partial charge in [-0.1, -0.05) is 12.1 Å². The average Bonchev–Trinajstić information content (AvgIpc) is 2.18. The zero-order valence-corrected chi connectivity index (χ0v) is 10.0. The summed E-state index contributed by atoms with van der Waals surface area (Å²) in [4.78, 5) is 10.9. The van der Waals surface area contributed by atoms with Gasteiger partial charge in [-0.2, -0.15) is 0 Å². The molecule has 2 N–H and O–H groups in total. The van der Waals surface area contributed by atoms with Crippen molar-refractivity contribution >= 4 is 6.29 Å². The lowest BCUT2D eigenvalue weighted by atomic mass is 10.0. The fourth-order valence-electron chi connectivity index (χ4n) is 1.58. The summed E-state index contributed by atoms with van der Waals surface area (Å²) < 4.78 is 0. The third-order valence-electron chi connectivity index (χ3n) is 2.17. The minimum Gasteiger partial charge on any atom is -0.508 e. The second-order valence-electron chi connectivity index (χ2n) is 5.01. The van der Waals surface area contributed by atoms with E-state index in [9.17, 15) is 4.79 Å². The molecule has 0 fully saturated rings. The molecule has 3 heteroatoms. The van der Waals surface area contributed by atoms with Gasteiger partial charge in [0, 0.05) is 5.54 Å². The Balaban J connectivity index is 2.63. The van der Waals surface area contributed by atoms with Crippen LogP contribution in [0.2, 0.25) is 0 Å². The van der Waals surface area contributed by atoms with Crippen LogP contribution in [0.3, 0.4) is 0 Å². The SMILES string of the molecule is CC(C)(C)N[C@H](C=O)Cc1ccc(O)cc1. The van der Waals surface area contributed by atoms with E-state index < -0.39 is 0 Å². The summed E-state index contributed by atoms with van der Waals surface area (Å²) in [5, 5.41) is 12.4. The lowest BCUT2D eigenvalue weighted by Gasteiger charge is -2.25. The molecule has 0 aliphatic rings. The molecule has 0 aromatic heterocycles. The average molecular weight is 221 g/mol. The second kappa shape index (κ2) is 5.12. The Morgan fingerprint density at radius 3 is 2.31 bits per heavy atom. The maximum Gasteiger partial charge on any atom is 0.137 e. The van der Waals surface area contributed by atoms with Crippen LogP contribution in [-0.2, 0) is 11.2 Å². The highest BCUT2D eigenvalue weighted by atomic mass is 16.3. The smallest absolute Gasteiger partial charge is 0.137 e. The normalized spacial score (nSPS) is 13.4. The Hall–Kier alpha value is -1.35. The largest absolute Gasteiger partial charge is 0.508 e. The predicted octanol–water partition coefficient (Wildman–Crippen LogP) is 1.89. The van der Waals surface area contributed by atoms with Crippen molar-refractivity contribution in [2.24, 2.45) is 0 Å². The number of hydrogen-bond donors (Lipinski definition) is 2. The molecule has 0 saturated heterocycles. The maximum absolute atomic E-state index is 10.9. The van der Waals surface area contributed by atoms with Crippen LogP contribution >= 0.6 is 0 Å². The van der Waals surface area contributed by atoms with Crippen molar-refractivity contribution in [3.63, 3.8) is 0 Å². The standard InChI is InChI=1S/C13H19NO2/c1-13(2,3)14-11(9-15)8-10-4-6-12(16)7-5-10/h4-7,9,11,14,16H,8H2,1-3H3/t11-/m0/s1. The molecule has 1 aromatic carbocycles. The van der Waals surface area contributed by atoms with Gasteiger partial charge in [0.2, 0.25) is 0 Å². The zero-order valence-electron chi connectivity index (χ0n) is 10.0. The van der Waals surface area contributed by atoms with Gasteiger partial charge in [0.05, 0.1) is 6.04 Å². The van der Waals surface area contributed by atoms with Crippen LogP contribution in [0.4, 0.5) is 0 Å².